The summed E-state index contributed by atoms with van der Waals surface area (Å²) in [6.45, 7) is 2.61. The maximum absolute atomic E-state index is 13.0. The Morgan fingerprint density at radius 2 is 2.19 bits per heavy atom. The van der Waals surface area contributed by atoms with Crippen molar-refractivity contribution in [1.82, 2.24) is 9.29 Å². The normalized spacial score (nSPS) is 23.7. The molecule has 0 aromatic carbocycles. The number of carbonyl (C=O) groups excluding carboxylic acids is 1. The summed E-state index contributed by atoms with van der Waals surface area (Å²) in [5.74, 6) is 0.375. The van der Waals surface area contributed by atoms with Crippen LogP contribution in [0.2, 0.25) is 0 Å². The van der Waals surface area contributed by atoms with Crippen molar-refractivity contribution in [3.8, 4) is 0 Å². The van der Waals surface area contributed by atoms with E-state index < -0.39 is 16.1 Å². The van der Waals surface area contributed by atoms with E-state index in [-0.39, 0.29) is 5.91 Å². The lowest BCUT2D eigenvalue weighted by atomic mass is 9.93. The molecule has 0 bridgehead atoms. The Labute approximate surface area is 167 Å². The second-order valence-corrected chi connectivity index (χ2v) is 11.4. The molecule has 6 nitrogen and oxygen atoms in total. The van der Waals surface area contributed by atoms with Gasteiger partial charge in [0.2, 0.25) is 5.91 Å². The molecule has 1 N–H and O–H groups in total. The quantitative estimate of drug-likeness (QED) is 0.813. The number of sulfonamides is 1. The molecule has 27 heavy (non-hydrogen) atoms. The average Bonchev–Trinajstić information content (AvgIpc) is 3.31. The number of amides is 1. The van der Waals surface area contributed by atoms with E-state index in [1.807, 2.05) is 0 Å². The number of nitrogens with zero attached hydrogens (tertiary/aromatic N) is 2. The van der Waals surface area contributed by atoms with Crippen LogP contribution in [0.5, 0.6) is 0 Å². The van der Waals surface area contributed by atoms with Crippen LogP contribution in [0.25, 0.3) is 0 Å². The number of hydrogen-bond acceptors (Lipinski definition) is 6. The van der Waals surface area contributed by atoms with Crippen molar-refractivity contribution in [3.63, 3.8) is 0 Å². The van der Waals surface area contributed by atoms with Gasteiger partial charge in [0.1, 0.15) is 10.3 Å². The second-order valence-electron chi connectivity index (χ2n) is 7.29. The van der Waals surface area contributed by atoms with Gasteiger partial charge in [0.15, 0.2) is 5.13 Å². The molecule has 1 aliphatic carbocycles. The van der Waals surface area contributed by atoms with Crippen molar-refractivity contribution in [2.45, 2.75) is 55.7 Å². The van der Waals surface area contributed by atoms with E-state index in [1.54, 1.807) is 17.5 Å². The largest absolute Gasteiger partial charge is 0.301 e. The Morgan fingerprint density at radius 3 is 2.96 bits per heavy atom. The molecule has 0 saturated carbocycles. The summed E-state index contributed by atoms with van der Waals surface area (Å²) in [5, 5.41) is 5.24. The van der Waals surface area contributed by atoms with Gasteiger partial charge in [0.05, 0.1) is 5.69 Å². The smallest absolute Gasteiger partial charge is 0.253 e. The number of carbonyl (C=O) groups is 1. The monoisotopic (exact) mass is 425 g/mol. The molecule has 2 unspecified atom stereocenters. The van der Waals surface area contributed by atoms with Crippen molar-refractivity contribution < 1.29 is 13.2 Å². The lowest BCUT2D eigenvalue weighted by Gasteiger charge is -2.32. The average molecular weight is 426 g/mol. The van der Waals surface area contributed by atoms with Gasteiger partial charge in [-0.25, -0.2) is 13.4 Å². The first-order chi connectivity index (χ1) is 12.9. The maximum Gasteiger partial charge on any atom is 0.253 e. The Morgan fingerprint density at radius 1 is 1.33 bits per heavy atom. The number of hydrogen-bond donors (Lipinski definition) is 1. The van der Waals surface area contributed by atoms with E-state index in [9.17, 15) is 13.2 Å². The first kappa shape index (κ1) is 19.0. The fraction of sp³-hybridized carbons (Fsp3) is 0.556. The van der Waals surface area contributed by atoms with Crippen LogP contribution >= 0.6 is 22.7 Å². The van der Waals surface area contributed by atoms with Gasteiger partial charge in [-0.1, -0.05) is 19.4 Å². The molecule has 0 radical (unpaired) electrons. The highest BCUT2D eigenvalue weighted by molar-refractivity contribution is 7.91. The maximum atomic E-state index is 13.0. The Bertz CT molecular complexity index is 921. The predicted molar refractivity (Wildman–Crippen MR) is 108 cm³/mol. The fourth-order valence-corrected chi connectivity index (χ4v) is 7.71. The van der Waals surface area contributed by atoms with Crippen LogP contribution in [-0.2, 0) is 27.7 Å². The zero-order valence-corrected chi connectivity index (χ0v) is 17.6. The number of aromatic nitrogens is 1. The van der Waals surface area contributed by atoms with Crippen LogP contribution in [0, 0.1) is 5.92 Å². The molecule has 1 aliphatic heterocycles. The molecule has 2 atom stereocenters. The van der Waals surface area contributed by atoms with E-state index in [0.29, 0.717) is 28.2 Å². The summed E-state index contributed by atoms with van der Waals surface area (Å²) >= 11 is 2.72. The highest BCUT2D eigenvalue weighted by atomic mass is 32.2. The van der Waals surface area contributed by atoms with Crippen LogP contribution in [0.1, 0.15) is 43.2 Å². The summed E-state index contributed by atoms with van der Waals surface area (Å²) in [4.78, 5) is 18.7. The van der Waals surface area contributed by atoms with Crippen LogP contribution in [0.3, 0.4) is 0 Å². The van der Waals surface area contributed by atoms with Gasteiger partial charge in [-0.3, -0.25) is 4.79 Å². The number of piperidine rings is 1. The molecule has 4 rings (SSSR count). The van der Waals surface area contributed by atoms with Gasteiger partial charge in [-0.05, 0) is 49.5 Å². The van der Waals surface area contributed by atoms with Gasteiger partial charge in [0, 0.05) is 11.4 Å². The van der Waals surface area contributed by atoms with Crippen molar-refractivity contribution in [2.75, 3.05) is 11.9 Å². The third kappa shape index (κ3) is 3.83. The predicted octanol–water partition coefficient (Wildman–Crippen LogP) is 3.51. The molecular weight excluding hydrogens is 402 g/mol. The van der Waals surface area contributed by atoms with E-state index >= 15 is 0 Å². The van der Waals surface area contributed by atoms with Gasteiger partial charge in [-0.2, -0.15) is 4.31 Å². The number of thiazole rings is 1. The van der Waals surface area contributed by atoms with Gasteiger partial charge >= 0.3 is 0 Å². The molecule has 9 heteroatoms. The number of nitrogens with one attached hydrogen (secondary N) is 1. The lowest BCUT2D eigenvalue weighted by molar-refractivity contribution is -0.120. The first-order valence-corrected chi connectivity index (χ1v) is 12.4. The summed E-state index contributed by atoms with van der Waals surface area (Å²) in [6, 6.07) is 2.64. The minimum absolute atomic E-state index is 0.269. The first-order valence-electron chi connectivity index (χ1n) is 9.30. The van der Waals surface area contributed by atoms with Gasteiger partial charge in [0.25, 0.3) is 10.0 Å². The van der Waals surface area contributed by atoms with Crippen molar-refractivity contribution in [2.24, 2.45) is 5.92 Å². The third-order valence-electron chi connectivity index (χ3n) is 5.23. The Balaban J connectivity index is 1.53. The van der Waals surface area contributed by atoms with E-state index in [1.165, 1.54) is 31.9 Å². The number of fused-ring (bicyclic) bond motifs is 1. The van der Waals surface area contributed by atoms with Crippen LogP contribution < -0.4 is 5.32 Å². The van der Waals surface area contributed by atoms with E-state index in [4.69, 9.17) is 0 Å². The SMILES string of the molecule is CC1CCc2nc(NC(=O)C3CCCCN3S(=O)(=O)c3cccs3)sc2C1. The van der Waals surface area contributed by atoms with Crippen LogP contribution in [-0.4, -0.2) is 36.2 Å². The Hall–Kier alpha value is -1.29. The molecular formula is C18H23N3O3S3. The Kier molecular flexibility index (Phi) is 5.37. The number of anilines is 1. The van der Waals surface area contributed by atoms with Crippen molar-refractivity contribution >= 4 is 43.7 Å². The molecule has 2 aromatic heterocycles. The molecule has 1 amide bonds. The van der Waals surface area contributed by atoms with Gasteiger partial charge in [-0.15, -0.1) is 22.7 Å². The highest BCUT2D eigenvalue weighted by Gasteiger charge is 2.38. The lowest BCUT2D eigenvalue weighted by Crippen LogP contribution is -2.49. The highest BCUT2D eigenvalue weighted by Crippen LogP contribution is 2.33. The van der Waals surface area contributed by atoms with E-state index in [2.05, 4.69) is 17.2 Å². The minimum Gasteiger partial charge on any atom is -0.301 e. The molecule has 1 fully saturated rings. The molecule has 1 saturated heterocycles. The topological polar surface area (TPSA) is 79.4 Å². The molecule has 146 valence electrons. The summed E-state index contributed by atoms with van der Waals surface area (Å²) in [6.07, 6.45) is 5.24. The zero-order chi connectivity index (χ0) is 19.0. The number of aryl methyl sites for hydroxylation is 1. The zero-order valence-electron chi connectivity index (χ0n) is 15.2. The molecule has 3 heterocycles. The van der Waals surface area contributed by atoms with E-state index in [0.717, 1.165) is 37.8 Å². The van der Waals surface area contributed by atoms with Crippen molar-refractivity contribution in [1.29, 1.82) is 0 Å². The fourth-order valence-electron chi connectivity index (χ4n) is 3.76. The summed E-state index contributed by atoms with van der Waals surface area (Å²) < 4.78 is 27.6. The molecule has 2 aromatic rings. The summed E-state index contributed by atoms with van der Waals surface area (Å²) in [5.41, 5.74) is 1.08. The van der Waals surface area contributed by atoms with Crippen LogP contribution in [0.15, 0.2) is 21.7 Å². The third-order valence-corrected chi connectivity index (χ3v) is 9.55. The standard InChI is InChI=1S/C18H23N3O3S3/c1-12-7-8-13-15(11-12)26-18(19-13)20-17(22)14-5-2-3-9-21(14)27(23,24)16-6-4-10-25-16/h4,6,10,12,14H,2-3,5,7-9,11H2,1H3,(H,19,20,22). The molecule has 2 aliphatic rings. The van der Waals surface area contributed by atoms with Gasteiger partial charge < -0.3 is 5.32 Å². The minimum atomic E-state index is -3.64. The number of thiophene rings is 1. The van der Waals surface area contributed by atoms with Crippen LogP contribution in [0.4, 0.5) is 5.13 Å². The van der Waals surface area contributed by atoms with Crippen molar-refractivity contribution in [3.05, 3.63) is 28.1 Å². The molecule has 0 spiro atoms. The second kappa shape index (κ2) is 7.62. The number of rotatable bonds is 4. The summed E-state index contributed by atoms with van der Waals surface area (Å²) in [7, 11) is -3.64.